The van der Waals surface area contributed by atoms with Crippen molar-refractivity contribution in [2.24, 2.45) is 0 Å². The van der Waals surface area contributed by atoms with E-state index in [0.717, 1.165) is 0 Å². The first-order valence-corrected chi connectivity index (χ1v) is 3.62. The minimum atomic E-state index is -0.629. The predicted octanol–water partition coefficient (Wildman–Crippen LogP) is 1.22. The van der Waals surface area contributed by atoms with Crippen molar-refractivity contribution in [1.29, 1.82) is 0 Å². The zero-order valence-corrected chi connectivity index (χ0v) is 7.00. The summed E-state index contributed by atoms with van der Waals surface area (Å²) in [7, 11) is 0. The molecule has 0 atom stereocenters. The lowest BCUT2D eigenvalue weighted by molar-refractivity contribution is 0.402. The van der Waals surface area contributed by atoms with Crippen molar-refractivity contribution in [3.8, 4) is 11.5 Å². The van der Waals surface area contributed by atoms with E-state index >= 15 is 0 Å². The third-order valence-electron chi connectivity index (χ3n) is 1.15. The van der Waals surface area contributed by atoms with Gasteiger partial charge in [0.15, 0.2) is 5.75 Å². The largest absolute Gasteiger partial charge is 0.504 e. The van der Waals surface area contributed by atoms with Crippen LogP contribution < -0.4 is 5.43 Å². The van der Waals surface area contributed by atoms with E-state index in [1.165, 1.54) is 18.2 Å². The van der Waals surface area contributed by atoms with Gasteiger partial charge in [-0.3, -0.25) is 4.79 Å². The van der Waals surface area contributed by atoms with Gasteiger partial charge in [-0.25, -0.2) is 0 Å². The Morgan fingerprint density at radius 2 is 1.91 bits per heavy atom. The standard InChI is InChI=1S/C7H5BrO3/c8-4-1-2-5(9)7(11)6(10)3-4/h1-3H,(H2,9,10,11). The first kappa shape index (κ1) is 8.07. The summed E-state index contributed by atoms with van der Waals surface area (Å²) in [6.45, 7) is 0. The van der Waals surface area contributed by atoms with E-state index in [0.29, 0.717) is 4.47 Å². The Balaban J connectivity index is 3.57. The molecule has 1 rings (SSSR count). The van der Waals surface area contributed by atoms with Crippen LogP contribution in [-0.4, -0.2) is 10.2 Å². The minimum absolute atomic E-state index is 0.416. The van der Waals surface area contributed by atoms with Crippen LogP contribution in [0.25, 0.3) is 0 Å². The second kappa shape index (κ2) is 2.92. The van der Waals surface area contributed by atoms with Crippen molar-refractivity contribution in [2.45, 2.75) is 0 Å². The highest BCUT2D eigenvalue weighted by Gasteiger charge is 2.00. The summed E-state index contributed by atoms with van der Waals surface area (Å²) < 4.78 is 0.512. The quantitative estimate of drug-likeness (QED) is 0.686. The number of aromatic hydroxyl groups is 2. The van der Waals surface area contributed by atoms with Crippen molar-refractivity contribution in [1.82, 2.24) is 0 Å². The van der Waals surface area contributed by atoms with E-state index in [-0.39, 0.29) is 0 Å². The second-order valence-corrected chi connectivity index (χ2v) is 2.88. The summed E-state index contributed by atoms with van der Waals surface area (Å²) in [4.78, 5) is 10.8. The topological polar surface area (TPSA) is 57.5 Å². The molecule has 4 heteroatoms. The van der Waals surface area contributed by atoms with Crippen molar-refractivity contribution in [2.75, 3.05) is 0 Å². The Morgan fingerprint density at radius 3 is 2.55 bits per heavy atom. The van der Waals surface area contributed by atoms with Gasteiger partial charge >= 0.3 is 0 Å². The molecule has 0 amide bonds. The smallest absolute Gasteiger partial charge is 0.225 e. The maximum atomic E-state index is 10.8. The van der Waals surface area contributed by atoms with Gasteiger partial charge in [0.2, 0.25) is 11.2 Å². The fraction of sp³-hybridized carbons (Fsp3) is 0. The molecule has 0 aliphatic rings. The lowest BCUT2D eigenvalue weighted by atomic mass is 10.4. The summed E-state index contributed by atoms with van der Waals surface area (Å²) in [5, 5.41) is 17.8. The van der Waals surface area contributed by atoms with E-state index in [4.69, 9.17) is 10.2 Å². The molecule has 0 aliphatic carbocycles. The summed E-state index contributed by atoms with van der Waals surface area (Å²) in [5.74, 6) is -1.04. The molecule has 0 aromatic heterocycles. The Bertz CT molecular complexity index is 335. The fourth-order valence-electron chi connectivity index (χ4n) is 0.605. The van der Waals surface area contributed by atoms with Gasteiger partial charge in [-0.1, -0.05) is 15.9 Å². The maximum absolute atomic E-state index is 10.8. The first-order valence-electron chi connectivity index (χ1n) is 2.83. The van der Waals surface area contributed by atoms with Crippen LogP contribution in [0.4, 0.5) is 0 Å². The molecule has 0 bridgehead atoms. The molecule has 0 saturated heterocycles. The molecular formula is C7H5BrO3. The molecule has 0 fully saturated rings. The molecule has 11 heavy (non-hydrogen) atoms. The Morgan fingerprint density at radius 1 is 1.27 bits per heavy atom. The number of rotatable bonds is 0. The summed E-state index contributed by atoms with van der Waals surface area (Å²) in [6, 6.07) is 3.88. The number of halogens is 1. The summed E-state index contributed by atoms with van der Waals surface area (Å²) in [5.41, 5.74) is -0.612. The average Bonchev–Trinajstić information content (AvgIpc) is 2.05. The van der Waals surface area contributed by atoms with Crippen molar-refractivity contribution < 1.29 is 10.2 Å². The molecule has 0 aliphatic heterocycles. The van der Waals surface area contributed by atoms with E-state index in [1.807, 2.05) is 0 Å². The van der Waals surface area contributed by atoms with Crippen LogP contribution >= 0.6 is 15.9 Å². The van der Waals surface area contributed by atoms with Gasteiger partial charge in [0.05, 0.1) is 0 Å². The Labute approximate surface area is 71.1 Å². The predicted molar refractivity (Wildman–Crippen MR) is 43.7 cm³/mol. The molecule has 1 aromatic carbocycles. The van der Waals surface area contributed by atoms with Gasteiger partial charge in [-0.05, 0) is 12.1 Å². The van der Waals surface area contributed by atoms with Crippen LogP contribution in [-0.2, 0) is 0 Å². The lowest BCUT2D eigenvalue weighted by Gasteiger charge is -1.84. The Hall–Kier alpha value is -1.03. The van der Waals surface area contributed by atoms with E-state index in [9.17, 15) is 4.79 Å². The van der Waals surface area contributed by atoms with Gasteiger partial charge in [0.25, 0.3) is 0 Å². The summed E-state index contributed by atoms with van der Waals surface area (Å²) >= 11 is 3.04. The molecule has 0 unspecified atom stereocenters. The highest BCUT2D eigenvalue weighted by atomic mass is 79.9. The third-order valence-corrected chi connectivity index (χ3v) is 1.64. The van der Waals surface area contributed by atoms with Crippen molar-refractivity contribution in [3.05, 3.63) is 32.9 Å². The van der Waals surface area contributed by atoms with Gasteiger partial charge in [0.1, 0.15) is 0 Å². The van der Waals surface area contributed by atoms with Crippen molar-refractivity contribution >= 4 is 15.9 Å². The zero-order valence-electron chi connectivity index (χ0n) is 5.41. The fourth-order valence-corrected chi connectivity index (χ4v) is 0.945. The van der Waals surface area contributed by atoms with E-state index in [2.05, 4.69) is 15.9 Å². The lowest BCUT2D eigenvalue weighted by Crippen LogP contribution is -1.92. The van der Waals surface area contributed by atoms with E-state index < -0.39 is 16.9 Å². The van der Waals surface area contributed by atoms with Gasteiger partial charge < -0.3 is 10.2 Å². The molecule has 0 saturated carbocycles. The van der Waals surface area contributed by atoms with Crippen molar-refractivity contribution in [3.63, 3.8) is 0 Å². The molecule has 1 aromatic rings. The maximum Gasteiger partial charge on any atom is 0.225 e. The summed E-state index contributed by atoms with van der Waals surface area (Å²) in [6.07, 6.45) is 0. The molecule has 0 spiro atoms. The minimum Gasteiger partial charge on any atom is -0.504 e. The molecule has 3 nitrogen and oxygen atoms in total. The van der Waals surface area contributed by atoms with Gasteiger partial charge in [-0.15, -0.1) is 0 Å². The van der Waals surface area contributed by atoms with Crippen LogP contribution in [0.5, 0.6) is 11.5 Å². The molecule has 58 valence electrons. The molecule has 0 heterocycles. The highest BCUT2D eigenvalue weighted by molar-refractivity contribution is 9.10. The molecule has 2 N–H and O–H groups in total. The van der Waals surface area contributed by atoms with Crippen LogP contribution in [0.3, 0.4) is 0 Å². The van der Waals surface area contributed by atoms with Crippen LogP contribution in [0, 0.1) is 0 Å². The normalized spacial score (nSPS) is 9.55. The first-order chi connectivity index (χ1) is 5.11. The zero-order chi connectivity index (χ0) is 8.43. The molecule has 0 radical (unpaired) electrons. The molecular weight excluding hydrogens is 212 g/mol. The number of hydrogen-bond acceptors (Lipinski definition) is 3. The van der Waals surface area contributed by atoms with Crippen LogP contribution in [0.15, 0.2) is 27.5 Å². The second-order valence-electron chi connectivity index (χ2n) is 1.96. The van der Waals surface area contributed by atoms with E-state index in [1.54, 1.807) is 0 Å². The van der Waals surface area contributed by atoms with Gasteiger partial charge in [-0.2, -0.15) is 0 Å². The SMILES string of the molecule is O=c1cc(Br)ccc(O)c1O. The van der Waals surface area contributed by atoms with Crippen LogP contribution in [0.1, 0.15) is 0 Å². The Kier molecular flexibility index (Phi) is 2.14. The van der Waals surface area contributed by atoms with Gasteiger partial charge in [0, 0.05) is 10.5 Å². The third kappa shape index (κ3) is 1.71. The monoisotopic (exact) mass is 216 g/mol. The van der Waals surface area contributed by atoms with Crippen LogP contribution in [0.2, 0.25) is 0 Å². The highest BCUT2D eigenvalue weighted by Crippen LogP contribution is 2.19. The average molecular weight is 217 g/mol. The number of hydrogen-bond donors (Lipinski definition) is 2.